The zero-order chi connectivity index (χ0) is 11.1. The third-order valence-electron chi connectivity index (χ3n) is 2.94. The van der Waals surface area contributed by atoms with Gasteiger partial charge in [-0.2, -0.15) is 4.39 Å². The Morgan fingerprint density at radius 1 is 1.60 bits per heavy atom. The highest BCUT2D eigenvalue weighted by Gasteiger charge is 2.48. The first-order chi connectivity index (χ1) is 7.06. The van der Waals surface area contributed by atoms with Crippen molar-refractivity contribution in [1.82, 2.24) is 4.98 Å². The van der Waals surface area contributed by atoms with Gasteiger partial charge in [-0.1, -0.05) is 18.0 Å². The summed E-state index contributed by atoms with van der Waals surface area (Å²) in [6, 6.07) is 1.36. The van der Waals surface area contributed by atoms with Crippen molar-refractivity contribution in [3.63, 3.8) is 0 Å². The number of nitrogens with zero attached hydrogens (tertiary/aromatic N) is 1. The van der Waals surface area contributed by atoms with Crippen molar-refractivity contribution in [3.05, 3.63) is 28.8 Å². The molecule has 1 aliphatic carbocycles. The Morgan fingerprint density at radius 2 is 2.27 bits per heavy atom. The standard InChI is InChI=1S/C10H9ClFNO2/c11-6-4-7(8(12)13-5-6)10(9(14)15)2-1-3-10/h4-5H,1-3H2,(H,14,15). The largest absolute Gasteiger partial charge is 0.481 e. The van der Waals surface area contributed by atoms with E-state index in [9.17, 15) is 9.18 Å². The maximum absolute atomic E-state index is 13.4. The molecule has 1 aliphatic rings. The van der Waals surface area contributed by atoms with Gasteiger partial charge in [0.1, 0.15) is 0 Å². The summed E-state index contributed by atoms with van der Waals surface area (Å²) in [5, 5.41) is 9.38. The van der Waals surface area contributed by atoms with Gasteiger partial charge in [-0.25, -0.2) is 4.98 Å². The Kier molecular flexibility index (Phi) is 2.38. The van der Waals surface area contributed by atoms with E-state index in [2.05, 4.69) is 4.98 Å². The van der Waals surface area contributed by atoms with Crippen LogP contribution in [-0.2, 0) is 10.2 Å². The minimum absolute atomic E-state index is 0.105. The van der Waals surface area contributed by atoms with E-state index in [1.807, 2.05) is 0 Å². The fourth-order valence-corrected chi connectivity index (χ4v) is 2.04. The average molecular weight is 230 g/mol. The molecule has 0 bridgehead atoms. The molecule has 0 saturated heterocycles. The zero-order valence-electron chi connectivity index (χ0n) is 7.83. The summed E-state index contributed by atoms with van der Waals surface area (Å²) >= 11 is 5.69. The molecule has 3 nitrogen and oxygen atoms in total. The van der Waals surface area contributed by atoms with Crippen LogP contribution in [0.5, 0.6) is 0 Å². The molecule has 15 heavy (non-hydrogen) atoms. The van der Waals surface area contributed by atoms with Crippen LogP contribution in [0.15, 0.2) is 12.3 Å². The van der Waals surface area contributed by atoms with Crippen molar-refractivity contribution < 1.29 is 14.3 Å². The van der Waals surface area contributed by atoms with Crippen molar-refractivity contribution >= 4 is 17.6 Å². The highest BCUT2D eigenvalue weighted by Crippen LogP contribution is 2.45. The summed E-state index contributed by atoms with van der Waals surface area (Å²) in [6.45, 7) is 0. The third-order valence-corrected chi connectivity index (χ3v) is 3.14. The van der Waals surface area contributed by atoms with Crippen molar-refractivity contribution in [2.45, 2.75) is 24.7 Å². The minimum Gasteiger partial charge on any atom is -0.481 e. The average Bonchev–Trinajstić information content (AvgIpc) is 2.08. The predicted molar refractivity (Wildman–Crippen MR) is 52.4 cm³/mol. The quantitative estimate of drug-likeness (QED) is 0.793. The summed E-state index contributed by atoms with van der Waals surface area (Å²) < 4.78 is 13.4. The van der Waals surface area contributed by atoms with Gasteiger partial charge in [0.25, 0.3) is 0 Å². The SMILES string of the molecule is O=C(O)C1(c2cc(Cl)cnc2F)CCC1. The number of carbonyl (C=O) groups is 1. The molecular weight excluding hydrogens is 221 g/mol. The molecular formula is C10H9ClFNO2. The van der Waals surface area contributed by atoms with Gasteiger partial charge in [0.15, 0.2) is 0 Å². The Balaban J connectivity index is 2.51. The highest BCUT2D eigenvalue weighted by molar-refractivity contribution is 6.30. The molecule has 0 radical (unpaired) electrons. The van der Waals surface area contributed by atoms with Gasteiger partial charge >= 0.3 is 5.97 Å². The maximum Gasteiger partial charge on any atom is 0.314 e. The number of rotatable bonds is 2. The Labute approximate surface area is 90.9 Å². The Hall–Kier alpha value is -1.16. The molecule has 0 unspecified atom stereocenters. The monoisotopic (exact) mass is 229 g/mol. The lowest BCUT2D eigenvalue weighted by Gasteiger charge is -2.37. The highest BCUT2D eigenvalue weighted by atomic mass is 35.5. The summed E-state index contributed by atoms with van der Waals surface area (Å²) in [4.78, 5) is 14.6. The van der Waals surface area contributed by atoms with Crippen molar-refractivity contribution in [1.29, 1.82) is 0 Å². The van der Waals surface area contributed by atoms with E-state index in [0.717, 1.165) is 6.42 Å². The van der Waals surface area contributed by atoms with Crippen LogP contribution >= 0.6 is 11.6 Å². The van der Waals surface area contributed by atoms with Crippen LogP contribution in [0.25, 0.3) is 0 Å². The van der Waals surface area contributed by atoms with Crippen LogP contribution in [0.3, 0.4) is 0 Å². The Morgan fingerprint density at radius 3 is 2.73 bits per heavy atom. The fourth-order valence-electron chi connectivity index (χ4n) is 1.89. The second-order valence-corrected chi connectivity index (χ2v) is 4.17. The molecule has 1 fully saturated rings. The third kappa shape index (κ3) is 1.49. The first kappa shape index (κ1) is 10.4. The normalized spacial score (nSPS) is 18.3. The number of hydrogen-bond acceptors (Lipinski definition) is 2. The molecule has 80 valence electrons. The number of pyridine rings is 1. The predicted octanol–water partition coefficient (Wildman–Crippen LogP) is 2.38. The fraction of sp³-hybridized carbons (Fsp3) is 0.400. The minimum atomic E-state index is -1.11. The molecule has 0 amide bonds. The molecule has 1 N–H and O–H groups in total. The van der Waals surface area contributed by atoms with Crippen LogP contribution in [0.1, 0.15) is 24.8 Å². The van der Waals surface area contributed by atoms with E-state index < -0.39 is 17.3 Å². The van der Waals surface area contributed by atoms with Gasteiger partial charge in [-0.05, 0) is 18.9 Å². The van der Waals surface area contributed by atoms with Gasteiger partial charge in [0, 0.05) is 11.8 Å². The molecule has 5 heteroatoms. The van der Waals surface area contributed by atoms with Gasteiger partial charge in [0.2, 0.25) is 5.95 Å². The molecule has 1 heterocycles. The van der Waals surface area contributed by atoms with Crippen LogP contribution in [0.4, 0.5) is 4.39 Å². The molecule has 1 aromatic heterocycles. The molecule has 0 aromatic carbocycles. The van der Waals surface area contributed by atoms with Gasteiger partial charge in [-0.15, -0.1) is 0 Å². The molecule has 2 rings (SSSR count). The van der Waals surface area contributed by atoms with Crippen LogP contribution in [0.2, 0.25) is 5.02 Å². The van der Waals surface area contributed by atoms with Crippen LogP contribution in [0, 0.1) is 5.95 Å². The van der Waals surface area contributed by atoms with E-state index in [4.69, 9.17) is 16.7 Å². The summed E-state index contributed by atoms with van der Waals surface area (Å²) in [5.74, 6) is -1.74. The van der Waals surface area contributed by atoms with E-state index >= 15 is 0 Å². The second-order valence-electron chi connectivity index (χ2n) is 3.73. The van der Waals surface area contributed by atoms with Crippen molar-refractivity contribution in [3.8, 4) is 0 Å². The van der Waals surface area contributed by atoms with E-state index in [1.165, 1.54) is 12.3 Å². The first-order valence-electron chi connectivity index (χ1n) is 4.61. The number of aromatic nitrogens is 1. The van der Waals surface area contributed by atoms with Gasteiger partial charge in [0.05, 0.1) is 10.4 Å². The van der Waals surface area contributed by atoms with E-state index in [1.54, 1.807) is 0 Å². The number of carboxylic acid groups (broad SMARTS) is 1. The number of aliphatic carboxylic acids is 1. The summed E-state index contributed by atoms with van der Waals surface area (Å²) in [6.07, 6.45) is 2.86. The molecule has 1 saturated carbocycles. The molecule has 1 aromatic rings. The zero-order valence-corrected chi connectivity index (χ0v) is 8.59. The lowest BCUT2D eigenvalue weighted by Crippen LogP contribution is -2.43. The van der Waals surface area contributed by atoms with E-state index in [-0.39, 0.29) is 10.6 Å². The second kappa shape index (κ2) is 3.45. The number of hydrogen-bond donors (Lipinski definition) is 1. The topological polar surface area (TPSA) is 50.2 Å². The summed E-state index contributed by atoms with van der Waals surface area (Å²) in [5.41, 5.74) is -1.00. The van der Waals surface area contributed by atoms with Gasteiger partial charge < -0.3 is 5.11 Å². The van der Waals surface area contributed by atoms with Crippen LogP contribution < -0.4 is 0 Å². The lowest BCUT2D eigenvalue weighted by atomic mass is 9.65. The van der Waals surface area contributed by atoms with Crippen LogP contribution in [-0.4, -0.2) is 16.1 Å². The molecule has 0 atom stereocenters. The Bertz CT molecular complexity index is 418. The molecule has 0 spiro atoms. The first-order valence-corrected chi connectivity index (χ1v) is 4.99. The summed E-state index contributed by atoms with van der Waals surface area (Å²) in [7, 11) is 0. The number of halogens is 2. The van der Waals surface area contributed by atoms with Gasteiger partial charge in [-0.3, -0.25) is 4.79 Å². The number of carboxylic acids is 1. The van der Waals surface area contributed by atoms with E-state index in [0.29, 0.717) is 12.8 Å². The van der Waals surface area contributed by atoms with Crippen molar-refractivity contribution in [2.75, 3.05) is 0 Å². The maximum atomic E-state index is 13.4. The smallest absolute Gasteiger partial charge is 0.314 e. The molecule has 0 aliphatic heterocycles. The van der Waals surface area contributed by atoms with Crippen molar-refractivity contribution in [2.24, 2.45) is 0 Å². The lowest BCUT2D eigenvalue weighted by molar-refractivity contribution is -0.147.